The smallest absolute Gasteiger partial charge is 0.123 e. The molecule has 1 unspecified atom stereocenters. The van der Waals surface area contributed by atoms with E-state index in [0.717, 1.165) is 24.1 Å². The molecular weight excluding hydrogens is 237 g/mol. The zero-order valence-electron chi connectivity index (χ0n) is 11.5. The van der Waals surface area contributed by atoms with Crippen LogP contribution in [-0.4, -0.2) is 6.54 Å². The van der Waals surface area contributed by atoms with Crippen molar-refractivity contribution < 1.29 is 4.39 Å². The summed E-state index contributed by atoms with van der Waals surface area (Å²) >= 11 is 0. The third-order valence-electron chi connectivity index (χ3n) is 3.26. The number of benzene rings is 2. The molecule has 0 aromatic heterocycles. The highest BCUT2D eigenvalue weighted by atomic mass is 19.1. The van der Waals surface area contributed by atoms with Gasteiger partial charge in [-0.2, -0.15) is 0 Å². The summed E-state index contributed by atoms with van der Waals surface area (Å²) in [7, 11) is 0. The third-order valence-corrected chi connectivity index (χ3v) is 3.26. The predicted octanol–water partition coefficient (Wildman–Crippen LogP) is 4.55. The maximum atomic E-state index is 13.4. The largest absolute Gasteiger partial charge is 0.310 e. The van der Waals surface area contributed by atoms with E-state index in [2.05, 4.69) is 25.2 Å². The predicted molar refractivity (Wildman–Crippen MR) is 78.5 cm³/mol. The maximum Gasteiger partial charge on any atom is 0.123 e. The Balaban J connectivity index is 2.35. The van der Waals surface area contributed by atoms with Crippen LogP contribution in [0.5, 0.6) is 0 Å². The van der Waals surface area contributed by atoms with Crippen LogP contribution in [0.4, 0.5) is 4.39 Å². The monoisotopic (exact) mass is 257 g/mol. The van der Waals surface area contributed by atoms with E-state index >= 15 is 0 Å². The molecule has 0 aliphatic carbocycles. The molecule has 2 heteroatoms. The zero-order valence-corrected chi connectivity index (χ0v) is 11.5. The lowest BCUT2D eigenvalue weighted by molar-refractivity contribution is 0.571. The highest BCUT2D eigenvalue weighted by Gasteiger charge is 2.11. The summed E-state index contributed by atoms with van der Waals surface area (Å²) < 4.78 is 13.4. The molecule has 0 amide bonds. The average Bonchev–Trinajstić information content (AvgIpc) is 2.45. The van der Waals surface area contributed by atoms with Gasteiger partial charge < -0.3 is 5.32 Å². The molecule has 2 rings (SSSR count). The second kappa shape index (κ2) is 6.48. The van der Waals surface area contributed by atoms with Crippen molar-refractivity contribution in [2.45, 2.75) is 26.3 Å². The van der Waals surface area contributed by atoms with Crippen molar-refractivity contribution in [1.29, 1.82) is 0 Å². The third kappa shape index (κ3) is 3.42. The maximum absolute atomic E-state index is 13.4. The number of nitrogens with one attached hydrogen (secondary N) is 1. The Bertz CT molecular complexity index is 536. The molecule has 100 valence electrons. The summed E-state index contributed by atoms with van der Waals surface area (Å²) in [5.41, 5.74) is 3.24. The van der Waals surface area contributed by atoms with Crippen molar-refractivity contribution in [3.8, 4) is 11.1 Å². The van der Waals surface area contributed by atoms with Crippen LogP contribution in [0.3, 0.4) is 0 Å². The van der Waals surface area contributed by atoms with Gasteiger partial charge in [0.05, 0.1) is 0 Å². The Labute approximate surface area is 114 Å². The summed E-state index contributed by atoms with van der Waals surface area (Å²) in [6.45, 7) is 5.28. The summed E-state index contributed by atoms with van der Waals surface area (Å²) in [6.07, 6.45) is 1.10. The van der Waals surface area contributed by atoms with Gasteiger partial charge in [-0.15, -0.1) is 0 Å². The van der Waals surface area contributed by atoms with Crippen LogP contribution in [0.2, 0.25) is 0 Å². The lowest BCUT2D eigenvalue weighted by atomic mass is 9.95. The second-order valence-corrected chi connectivity index (χ2v) is 4.77. The van der Waals surface area contributed by atoms with E-state index in [9.17, 15) is 4.39 Å². The van der Waals surface area contributed by atoms with Crippen LogP contribution in [0.15, 0.2) is 48.5 Å². The molecule has 1 N–H and O–H groups in total. The van der Waals surface area contributed by atoms with Gasteiger partial charge in [0.15, 0.2) is 0 Å². The van der Waals surface area contributed by atoms with Crippen LogP contribution >= 0.6 is 0 Å². The number of rotatable bonds is 5. The molecule has 0 fully saturated rings. The van der Waals surface area contributed by atoms with Gasteiger partial charge in [-0.05, 0) is 48.7 Å². The van der Waals surface area contributed by atoms with Gasteiger partial charge in [-0.3, -0.25) is 0 Å². The quantitative estimate of drug-likeness (QED) is 0.828. The minimum Gasteiger partial charge on any atom is -0.310 e. The van der Waals surface area contributed by atoms with Crippen LogP contribution in [0.1, 0.15) is 31.9 Å². The zero-order chi connectivity index (χ0) is 13.7. The topological polar surface area (TPSA) is 12.0 Å². The Morgan fingerprint density at radius 1 is 1.11 bits per heavy atom. The highest BCUT2D eigenvalue weighted by Crippen LogP contribution is 2.28. The fourth-order valence-electron chi connectivity index (χ4n) is 2.26. The van der Waals surface area contributed by atoms with E-state index in [1.54, 1.807) is 12.1 Å². The van der Waals surface area contributed by atoms with Crippen LogP contribution in [0.25, 0.3) is 11.1 Å². The molecule has 0 aliphatic rings. The van der Waals surface area contributed by atoms with Crippen molar-refractivity contribution >= 4 is 0 Å². The molecule has 0 aliphatic heterocycles. The van der Waals surface area contributed by atoms with Gasteiger partial charge in [0.2, 0.25) is 0 Å². The highest BCUT2D eigenvalue weighted by molar-refractivity contribution is 5.67. The van der Waals surface area contributed by atoms with E-state index in [1.165, 1.54) is 11.6 Å². The molecule has 0 heterocycles. The molecule has 0 saturated carbocycles. The van der Waals surface area contributed by atoms with Crippen LogP contribution in [0, 0.1) is 5.82 Å². The molecular formula is C17H20FN. The van der Waals surface area contributed by atoms with E-state index < -0.39 is 0 Å². The van der Waals surface area contributed by atoms with Gasteiger partial charge in [0.25, 0.3) is 0 Å². The van der Waals surface area contributed by atoms with E-state index in [0.29, 0.717) is 0 Å². The van der Waals surface area contributed by atoms with Gasteiger partial charge in [-0.25, -0.2) is 4.39 Å². The van der Waals surface area contributed by atoms with Crippen molar-refractivity contribution in [3.05, 3.63) is 59.9 Å². The average molecular weight is 257 g/mol. The first-order valence-corrected chi connectivity index (χ1v) is 6.80. The van der Waals surface area contributed by atoms with E-state index in [-0.39, 0.29) is 11.9 Å². The van der Waals surface area contributed by atoms with Gasteiger partial charge in [0.1, 0.15) is 5.82 Å². The first-order valence-electron chi connectivity index (χ1n) is 6.80. The lowest BCUT2D eigenvalue weighted by Crippen LogP contribution is -2.19. The van der Waals surface area contributed by atoms with Crippen molar-refractivity contribution in [2.75, 3.05) is 6.54 Å². The van der Waals surface area contributed by atoms with Crippen LogP contribution in [-0.2, 0) is 0 Å². The molecule has 0 spiro atoms. The second-order valence-electron chi connectivity index (χ2n) is 4.77. The standard InChI is InChI=1S/C17H20FN/c1-3-11-19-13(2)16-9-4-5-10-17(16)14-7-6-8-15(18)12-14/h4-10,12-13,19H,3,11H2,1-2H3. The fourth-order valence-corrected chi connectivity index (χ4v) is 2.26. The van der Waals surface area contributed by atoms with E-state index in [4.69, 9.17) is 0 Å². The van der Waals surface area contributed by atoms with Crippen molar-refractivity contribution in [2.24, 2.45) is 0 Å². The van der Waals surface area contributed by atoms with Crippen molar-refractivity contribution in [3.63, 3.8) is 0 Å². The Hall–Kier alpha value is -1.67. The molecule has 1 atom stereocenters. The number of hydrogen-bond acceptors (Lipinski definition) is 1. The Kier molecular flexibility index (Phi) is 4.69. The first-order chi connectivity index (χ1) is 9.22. The van der Waals surface area contributed by atoms with Gasteiger partial charge in [-0.1, -0.05) is 43.3 Å². The summed E-state index contributed by atoms with van der Waals surface area (Å²) in [5, 5.41) is 3.48. The minimum absolute atomic E-state index is 0.193. The lowest BCUT2D eigenvalue weighted by Gasteiger charge is -2.18. The number of halogens is 1. The van der Waals surface area contributed by atoms with Crippen LogP contribution < -0.4 is 5.32 Å². The molecule has 2 aromatic rings. The fraction of sp³-hybridized carbons (Fsp3) is 0.294. The number of hydrogen-bond donors (Lipinski definition) is 1. The Morgan fingerprint density at radius 3 is 2.63 bits per heavy atom. The molecule has 19 heavy (non-hydrogen) atoms. The van der Waals surface area contributed by atoms with Gasteiger partial charge in [0, 0.05) is 6.04 Å². The molecule has 0 radical (unpaired) electrons. The van der Waals surface area contributed by atoms with Crippen molar-refractivity contribution in [1.82, 2.24) is 5.32 Å². The first kappa shape index (κ1) is 13.8. The summed E-state index contributed by atoms with van der Waals surface area (Å²) in [6, 6.07) is 15.2. The normalized spacial score (nSPS) is 12.4. The Morgan fingerprint density at radius 2 is 1.89 bits per heavy atom. The molecule has 0 saturated heterocycles. The summed E-state index contributed by atoms with van der Waals surface area (Å²) in [4.78, 5) is 0. The van der Waals surface area contributed by atoms with E-state index in [1.807, 2.05) is 24.3 Å². The SMILES string of the molecule is CCCNC(C)c1ccccc1-c1cccc(F)c1. The van der Waals surface area contributed by atoms with Gasteiger partial charge >= 0.3 is 0 Å². The minimum atomic E-state index is -0.193. The molecule has 1 nitrogen and oxygen atoms in total. The summed E-state index contributed by atoms with van der Waals surface area (Å²) in [5.74, 6) is -0.193. The molecule has 2 aromatic carbocycles. The molecule has 0 bridgehead atoms.